The van der Waals surface area contributed by atoms with Crippen LogP contribution in [0, 0.1) is 6.92 Å². The van der Waals surface area contributed by atoms with Crippen LogP contribution < -0.4 is 9.47 Å². The molecule has 0 heterocycles. The van der Waals surface area contributed by atoms with Crippen molar-refractivity contribution in [1.82, 2.24) is 0 Å². The number of aliphatic hydroxyl groups is 1. The second-order valence-corrected chi connectivity index (χ2v) is 5.45. The molecule has 0 amide bonds. The van der Waals surface area contributed by atoms with Crippen molar-refractivity contribution in [1.29, 1.82) is 0 Å². The fourth-order valence-corrected chi connectivity index (χ4v) is 3.19. The molecule has 0 aliphatic rings. The predicted molar refractivity (Wildman–Crippen MR) is 72.1 cm³/mol. The summed E-state index contributed by atoms with van der Waals surface area (Å²) < 4.78 is 11.5. The first-order valence-electron chi connectivity index (χ1n) is 5.41. The zero-order valence-electron chi connectivity index (χ0n) is 10.9. The molecule has 0 bridgehead atoms. The summed E-state index contributed by atoms with van der Waals surface area (Å²) in [5, 5.41) is 9.49. The van der Waals surface area contributed by atoms with Crippen molar-refractivity contribution in [2.75, 3.05) is 20.8 Å². The standard InChI is InChI=1S/C13H19BrO3/c1-8-6-9(16-4)12(17-5)11(14)10(8)13(2,3)7-15/h6,15H,7H2,1-5H3. The van der Waals surface area contributed by atoms with Crippen molar-refractivity contribution >= 4 is 15.9 Å². The van der Waals surface area contributed by atoms with Crippen LogP contribution in [0.3, 0.4) is 0 Å². The number of halogens is 1. The van der Waals surface area contributed by atoms with Gasteiger partial charge in [-0.1, -0.05) is 13.8 Å². The van der Waals surface area contributed by atoms with Crippen molar-refractivity contribution in [3.63, 3.8) is 0 Å². The van der Waals surface area contributed by atoms with Gasteiger partial charge < -0.3 is 14.6 Å². The van der Waals surface area contributed by atoms with Gasteiger partial charge in [-0.25, -0.2) is 0 Å². The Bertz CT molecular complexity index is 414. The van der Waals surface area contributed by atoms with Gasteiger partial charge >= 0.3 is 0 Å². The van der Waals surface area contributed by atoms with Gasteiger partial charge in [0.1, 0.15) is 0 Å². The minimum atomic E-state index is -0.331. The molecule has 0 saturated carbocycles. The monoisotopic (exact) mass is 302 g/mol. The van der Waals surface area contributed by atoms with E-state index < -0.39 is 0 Å². The van der Waals surface area contributed by atoms with Crippen molar-refractivity contribution in [2.45, 2.75) is 26.2 Å². The Labute approximate surface area is 111 Å². The maximum Gasteiger partial charge on any atom is 0.175 e. The van der Waals surface area contributed by atoms with Crippen molar-refractivity contribution in [3.05, 3.63) is 21.7 Å². The fourth-order valence-electron chi connectivity index (χ4n) is 1.98. The first kappa shape index (κ1) is 14.3. The maximum absolute atomic E-state index is 9.49. The van der Waals surface area contributed by atoms with Crippen LogP contribution in [0.4, 0.5) is 0 Å². The van der Waals surface area contributed by atoms with E-state index in [9.17, 15) is 5.11 Å². The molecule has 1 rings (SSSR count). The molecule has 0 saturated heterocycles. The van der Waals surface area contributed by atoms with Gasteiger partial charge in [0.05, 0.1) is 25.3 Å². The molecule has 4 heteroatoms. The summed E-state index contributed by atoms with van der Waals surface area (Å²) in [6.45, 7) is 6.05. The summed E-state index contributed by atoms with van der Waals surface area (Å²) in [5.74, 6) is 1.35. The Balaban J connectivity index is 3.53. The van der Waals surface area contributed by atoms with Crippen molar-refractivity contribution in [3.8, 4) is 11.5 Å². The minimum Gasteiger partial charge on any atom is -0.493 e. The first-order valence-corrected chi connectivity index (χ1v) is 6.20. The van der Waals surface area contributed by atoms with Crippen LogP contribution in [0.2, 0.25) is 0 Å². The van der Waals surface area contributed by atoms with Crippen LogP contribution in [0.1, 0.15) is 25.0 Å². The van der Waals surface area contributed by atoms with Crippen LogP contribution in [0.25, 0.3) is 0 Å². The lowest BCUT2D eigenvalue weighted by Crippen LogP contribution is -2.24. The highest BCUT2D eigenvalue weighted by molar-refractivity contribution is 9.10. The van der Waals surface area contributed by atoms with E-state index in [4.69, 9.17) is 9.47 Å². The second-order valence-electron chi connectivity index (χ2n) is 4.66. The fraction of sp³-hybridized carbons (Fsp3) is 0.538. The molecule has 0 aromatic heterocycles. The molecule has 1 aromatic rings. The summed E-state index contributed by atoms with van der Waals surface area (Å²) in [4.78, 5) is 0. The molecule has 1 aromatic carbocycles. The highest BCUT2D eigenvalue weighted by Crippen LogP contribution is 2.44. The minimum absolute atomic E-state index is 0.0714. The zero-order chi connectivity index (χ0) is 13.2. The molecule has 0 unspecified atom stereocenters. The second kappa shape index (κ2) is 5.27. The topological polar surface area (TPSA) is 38.7 Å². The molecule has 1 N–H and O–H groups in total. The zero-order valence-corrected chi connectivity index (χ0v) is 12.5. The average Bonchev–Trinajstić information content (AvgIpc) is 2.27. The molecule has 0 radical (unpaired) electrons. The number of aryl methyl sites for hydroxylation is 1. The smallest absolute Gasteiger partial charge is 0.175 e. The lowest BCUT2D eigenvalue weighted by Gasteiger charge is -2.27. The van der Waals surface area contributed by atoms with Gasteiger partial charge in [-0.3, -0.25) is 0 Å². The first-order chi connectivity index (χ1) is 7.88. The van der Waals surface area contributed by atoms with Crippen molar-refractivity contribution in [2.24, 2.45) is 0 Å². The molecular formula is C13H19BrO3. The number of methoxy groups -OCH3 is 2. The predicted octanol–water partition coefficient (Wildman–Crippen LogP) is 3.04. The van der Waals surface area contributed by atoms with Crippen LogP contribution in [0.5, 0.6) is 11.5 Å². The third kappa shape index (κ3) is 2.58. The molecule has 0 aliphatic carbocycles. The Morgan fingerprint density at radius 3 is 2.29 bits per heavy atom. The van der Waals surface area contributed by atoms with Gasteiger partial charge in [-0.05, 0) is 40.0 Å². The summed E-state index contributed by atoms with van der Waals surface area (Å²) in [6, 6.07) is 1.93. The third-order valence-corrected chi connectivity index (χ3v) is 3.64. The Morgan fingerprint density at radius 1 is 1.29 bits per heavy atom. The average molecular weight is 303 g/mol. The molecule has 0 fully saturated rings. The van der Waals surface area contributed by atoms with E-state index in [-0.39, 0.29) is 12.0 Å². The number of rotatable bonds is 4. The van der Waals surface area contributed by atoms with E-state index in [0.717, 1.165) is 15.6 Å². The molecule has 0 spiro atoms. The number of hydrogen-bond acceptors (Lipinski definition) is 3. The summed E-state index contributed by atoms with van der Waals surface area (Å²) >= 11 is 3.54. The molecule has 3 nitrogen and oxygen atoms in total. The summed E-state index contributed by atoms with van der Waals surface area (Å²) in [7, 11) is 3.22. The van der Waals surface area contributed by atoms with Gasteiger partial charge in [-0.2, -0.15) is 0 Å². The van der Waals surface area contributed by atoms with Gasteiger partial charge in [0.2, 0.25) is 0 Å². The lowest BCUT2D eigenvalue weighted by atomic mass is 9.82. The van der Waals surface area contributed by atoms with E-state index in [1.165, 1.54) is 0 Å². The number of ether oxygens (including phenoxy) is 2. The highest BCUT2D eigenvalue weighted by atomic mass is 79.9. The Morgan fingerprint density at radius 2 is 1.88 bits per heavy atom. The van der Waals surface area contributed by atoms with Crippen LogP contribution in [0.15, 0.2) is 10.5 Å². The normalized spacial score (nSPS) is 11.5. The van der Waals surface area contributed by atoms with E-state index in [0.29, 0.717) is 11.5 Å². The van der Waals surface area contributed by atoms with Crippen molar-refractivity contribution < 1.29 is 14.6 Å². The SMILES string of the molecule is COc1cc(C)c(C(C)(C)CO)c(Br)c1OC. The van der Waals surface area contributed by atoms with E-state index in [1.807, 2.05) is 26.8 Å². The van der Waals surface area contributed by atoms with Crippen LogP contribution in [-0.2, 0) is 5.41 Å². The summed E-state index contributed by atoms with van der Waals surface area (Å²) in [5.41, 5.74) is 1.77. The number of aliphatic hydroxyl groups excluding tert-OH is 1. The quantitative estimate of drug-likeness (QED) is 0.929. The Hall–Kier alpha value is -0.740. The van der Waals surface area contributed by atoms with Gasteiger partial charge in [0.15, 0.2) is 11.5 Å². The van der Waals surface area contributed by atoms with E-state index in [1.54, 1.807) is 14.2 Å². The van der Waals surface area contributed by atoms with Crippen LogP contribution in [-0.4, -0.2) is 25.9 Å². The van der Waals surface area contributed by atoms with Gasteiger partial charge in [0.25, 0.3) is 0 Å². The van der Waals surface area contributed by atoms with Gasteiger partial charge in [-0.15, -0.1) is 0 Å². The molecule has 0 atom stereocenters. The Kier molecular flexibility index (Phi) is 4.44. The molecular weight excluding hydrogens is 284 g/mol. The van der Waals surface area contributed by atoms with Gasteiger partial charge in [0, 0.05) is 5.41 Å². The molecule has 17 heavy (non-hydrogen) atoms. The molecule has 0 aliphatic heterocycles. The third-order valence-electron chi connectivity index (χ3n) is 2.88. The van der Waals surface area contributed by atoms with Crippen LogP contribution >= 0.6 is 15.9 Å². The number of hydrogen-bond donors (Lipinski definition) is 1. The maximum atomic E-state index is 9.49. The number of benzene rings is 1. The van der Waals surface area contributed by atoms with E-state index in [2.05, 4.69) is 15.9 Å². The highest BCUT2D eigenvalue weighted by Gasteiger charge is 2.28. The molecule has 96 valence electrons. The lowest BCUT2D eigenvalue weighted by molar-refractivity contribution is 0.217. The largest absolute Gasteiger partial charge is 0.493 e. The van der Waals surface area contributed by atoms with E-state index >= 15 is 0 Å². The summed E-state index contributed by atoms with van der Waals surface area (Å²) in [6.07, 6.45) is 0.